The standard InChI is InChI=1S/C27H32O17/c28-6-16-19(35)21(37)23(39)26(42-16)44-25-22(38)20(36)17(7-29)43-27(25)41-15-5-10-11(31)3-9(30)4-14(10)40-24(15)8-1-12(32)18(34)13(33)2-8/h1-5,14,16-17,19-23,25-39H,6-7H2. The fourth-order valence-corrected chi connectivity index (χ4v) is 5.10. The quantitative estimate of drug-likeness (QED) is 0.137. The van der Waals surface area contributed by atoms with E-state index in [1.54, 1.807) is 0 Å². The van der Waals surface area contributed by atoms with Crippen molar-refractivity contribution >= 4 is 5.76 Å². The SMILES string of the molecule is OCC1OC(OC2C(OC3=C(c4cc(O)c(O)c(O)c4)OC4C=C(O)C=C(O)C4=C3)OC(CO)C(O)C2O)C(O)C(O)C1O. The van der Waals surface area contributed by atoms with E-state index >= 15 is 0 Å². The van der Waals surface area contributed by atoms with Gasteiger partial charge >= 0.3 is 0 Å². The van der Waals surface area contributed by atoms with Crippen molar-refractivity contribution in [3.63, 3.8) is 0 Å². The molecule has 3 aliphatic heterocycles. The predicted octanol–water partition coefficient (Wildman–Crippen LogP) is -2.66. The van der Waals surface area contributed by atoms with Gasteiger partial charge in [-0.15, -0.1) is 0 Å². The van der Waals surface area contributed by atoms with Gasteiger partial charge < -0.3 is 85.0 Å². The van der Waals surface area contributed by atoms with E-state index in [2.05, 4.69) is 0 Å². The number of hydrogen-bond acceptors (Lipinski definition) is 17. The highest BCUT2D eigenvalue weighted by Crippen LogP contribution is 2.43. The highest BCUT2D eigenvalue weighted by Gasteiger charge is 2.51. The van der Waals surface area contributed by atoms with Crippen molar-refractivity contribution in [3.8, 4) is 17.2 Å². The Balaban J connectivity index is 1.55. The monoisotopic (exact) mass is 628 g/mol. The zero-order valence-electron chi connectivity index (χ0n) is 22.6. The van der Waals surface area contributed by atoms with E-state index in [-0.39, 0.29) is 28.4 Å². The van der Waals surface area contributed by atoms with Crippen LogP contribution in [0.5, 0.6) is 17.2 Å². The average molecular weight is 629 g/mol. The third-order valence-electron chi connectivity index (χ3n) is 7.50. The molecule has 2 fully saturated rings. The van der Waals surface area contributed by atoms with Crippen LogP contribution in [0.2, 0.25) is 0 Å². The summed E-state index contributed by atoms with van der Waals surface area (Å²) in [4.78, 5) is 0. The number of phenolic OH excluding ortho intramolecular Hbond substituents is 3. The maximum atomic E-state index is 11.0. The predicted molar refractivity (Wildman–Crippen MR) is 140 cm³/mol. The van der Waals surface area contributed by atoms with Crippen LogP contribution in [0.15, 0.2) is 53.2 Å². The van der Waals surface area contributed by atoms with E-state index in [0.29, 0.717) is 0 Å². The van der Waals surface area contributed by atoms with E-state index in [0.717, 1.165) is 18.2 Å². The van der Waals surface area contributed by atoms with Gasteiger partial charge in [0.15, 0.2) is 41.2 Å². The van der Waals surface area contributed by atoms with Crippen LogP contribution in [-0.4, -0.2) is 142 Å². The molecule has 2 saturated heterocycles. The van der Waals surface area contributed by atoms with Crippen molar-refractivity contribution in [2.24, 2.45) is 0 Å². The summed E-state index contributed by atoms with van der Waals surface area (Å²) in [5, 5.41) is 122. The second kappa shape index (κ2) is 12.4. The molecule has 44 heavy (non-hydrogen) atoms. The van der Waals surface area contributed by atoms with Gasteiger partial charge in [0.2, 0.25) is 6.29 Å². The van der Waals surface area contributed by atoms with Gasteiger partial charge in [-0.1, -0.05) is 0 Å². The van der Waals surface area contributed by atoms with Gasteiger partial charge in [0.05, 0.1) is 13.2 Å². The smallest absolute Gasteiger partial charge is 0.229 e. The van der Waals surface area contributed by atoms with Crippen LogP contribution in [-0.2, 0) is 23.7 Å². The molecule has 11 atom stereocenters. The molecule has 1 aromatic carbocycles. The van der Waals surface area contributed by atoms with Gasteiger partial charge in [-0.3, -0.25) is 0 Å². The van der Waals surface area contributed by atoms with Crippen molar-refractivity contribution in [3.05, 3.63) is 58.8 Å². The second-order valence-corrected chi connectivity index (χ2v) is 10.4. The lowest BCUT2D eigenvalue weighted by molar-refractivity contribution is -0.363. The number of allylic oxidation sites excluding steroid dienone is 2. The molecule has 0 radical (unpaired) electrons. The van der Waals surface area contributed by atoms with Crippen LogP contribution < -0.4 is 0 Å². The Labute approximate surface area is 247 Å². The summed E-state index contributed by atoms with van der Waals surface area (Å²) < 4.78 is 28.6. The fraction of sp³-hybridized carbons (Fsp3) is 0.481. The Morgan fingerprint density at radius 3 is 1.91 bits per heavy atom. The lowest BCUT2D eigenvalue weighted by atomic mass is 9.96. The number of aliphatic hydroxyl groups excluding tert-OH is 9. The number of phenols is 3. The minimum atomic E-state index is -1.92. The van der Waals surface area contributed by atoms with E-state index < -0.39 is 104 Å². The molecular formula is C27H32O17. The normalized spacial score (nSPS) is 37.3. The number of ether oxygens (including phenoxy) is 5. The minimum absolute atomic E-state index is 0.0512. The molecule has 4 aliphatic rings. The number of benzene rings is 1. The molecule has 17 heteroatoms. The van der Waals surface area contributed by atoms with E-state index in [1.807, 2.05) is 0 Å². The van der Waals surface area contributed by atoms with Crippen molar-refractivity contribution in [1.29, 1.82) is 0 Å². The van der Waals surface area contributed by atoms with Gasteiger partial charge in [0, 0.05) is 23.3 Å². The summed E-state index contributed by atoms with van der Waals surface area (Å²) in [7, 11) is 0. The molecule has 1 aromatic rings. The molecule has 0 bridgehead atoms. The number of hydrogen-bond donors (Lipinski definition) is 12. The maximum absolute atomic E-state index is 11.0. The molecule has 1 aliphatic carbocycles. The molecule has 17 nitrogen and oxygen atoms in total. The average Bonchev–Trinajstić information content (AvgIpc) is 2.99. The van der Waals surface area contributed by atoms with Crippen molar-refractivity contribution in [2.75, 3.05) is 13.2 Å². The molecule has 3 heterocycles. The molecule has 0 aromatic heterocycles. The molecule has 0 amide bonds. The molecule has 12 N–H and O–H groups in total. The summed E-state index contributed by atoms with van der Waals surface area (Å²) in [5.74, 6) is -3.72. The second-order valence-electron chi connectivity index (χ2n) is 10.4. The van der Waals surface area contributed by atoms with E-state index in [9.17, 15) is 61.3 Å². The lowest BCUT2D eigenvalue weighted by Crippen LogP contribution is -2.64. The van der Waals surface area contributed by atoms with Crippen molar-refractivity contribution in [2.45, 2.75) is 67.5 Å². The first-order valence-corrected chi connectivity index (χ1v) is 13.3. The first kappa shape index (κ1) is 31.8. The summed E-state index contributed by atoms with van der Waals surface area (Å²) in [6.45, 7) is -1.61. The Morgan fingerprint density at radius 2 is 1.30 bits per heavy atom. The van der Waals surface area contributed by atoms with Gasteiger partial charge in [-0.05, 0) is 18.2 Å². The van der Waals surface area contributed by atoms with Gasteiger partial charge in [-0.2, -0.15) is 0 Å². The van der Waals surface area contributed by atoms with Crippen molar-refractivity contribution < 1.29 is 85.0 Å². The van der Waals surface area contributed by atoms with Crippen LogP contribution in [0.3, 0.4) is 0 Å². The zero-order valence-corrected chi connectivity index (χ0v) is 22.6. The molecular weight excluding hydrogens is 596 g/mol. The highest BCUT2D eigenvalue weighted by molar-refractivity contribution is 5.72. The Hall–Kier alpha value is -3.62. The first-order valence-electron chi connectivity index (χ1n) is 13.3. The van der Waals surface area contributed by atoms with Crippen LogP contribution in [0.4, 0.5) is 0 Å². The summed E-state index contributed by atoms with van der Waals surface area (Å²) >= 11 is 0. The summed E-state index contributed by atoms with van der Waals surface area (Å²) in [5.41, 5.74) is -0.0400. The van der Waals surface area contributed by atoms with Gasteiger partial charge in [-0.25, -0.2) is 0 Å². The maximum Gasteiger partial charge on any atom is 0.229 e. The largest absolute Gasteiger partial charge is 0.508 e. The zero-order chi connectivity index (χ0) is 32.0. The van der Waals surface area contributed by atoms with Gasteiger partial charge in [0.1, 0.15) is 60.4 Å². The van der Waals surface area contributed by atoms with Crippen LogP contribution in [0.25, 0.3) is 5.76 Å². The molecule has 242 valence electrons. The molecule has 0 saturated carbocycles. The van der Waals surface area contributed by atoms with Crippen LogP contribution in [0.1, 0.15) is 5.56 Å². The topological polar surface area (TPSA) is 289 Å². The van der Waals surface area contributed by atoms with Crippen LogP contribution >= 0.6 is 0 Å². The van der Waals surface area contributed by atoms with E-state index in [4.69, 9.17) is 23.7 Å². The molecule has 5 rings (SSSR count). The van der Waals surface area contributed by atoms with E-state index in [1.165, 1.54) is 12.2 Å². The molecule has 11 unspecified atom stereocenters. The summed E-state index contributed by atoms with van der Waals surface area (Å²) in [6, 6.07) is 1.99. The Morgan fingerprint density at radius 1 is 0.705 bits per heavy atom. The number of fused-ring (bicyclic) bond motifs is 1. The highest BCUT2D eigenvalue weighted by atomic mass is 16.8. The first-order chi connectivity index (χ1) is 20.8. The summed E-state index contributed by atoms with van der Waals surface area (Å²) in [6.07, 6.45) is -15.1. The fourth-order valence-electron chi connectivity index (χ4n) is 5.10. The number of aliphatic hydroxyl groups is 9. The Kier molecular flexibility index (Phi) is 8.96. The van der Waals surface area contributed by atoms with Gasteiger partial charge in [0.25, 0.3) is 0 Å². The minimum Gasteiger partial charge on any atom is -0.508 e. The van der Waals surface area contributed by atoms with Crippen molar-refractivity contribution in [1.82, 2.24) is 0 Å². The third-order valence-corrected chi connectivity index (χ3v) is 7.50. The molecule has 0 spiro atoms. The van der Waals surface area contributed by atoms with Crippen LogP contribution in [0, 0.1) is 0 Å². The number of rotatable bonds is 7. The third kappa shape index (κ3) is 5.77. The Bertz CT molecular complexity index is 1340. The number of aromatic hydroxyl groups is 3. The lowest BCUT2D eigenvalue weighted by Gasteiger charge is -2.46.